The van der Waals surface area contributed by atoms with Crippen LogP contribution in [0.5, 0.6) is 5.75 Å². The van der Waals surface area contributed by atoms with Crippen LogP contribution in [0.1, 0.15) is 25.3 Å². The molecule has 0 atom stereocenters. The summed E-state index contributed by atoms with van der Waals surface area (Å²) in [4.78, 5) is 13.5. The molecule has 0 saturated carbocycles. The van der Waals surface area contributed by atoms with E-state index < -0.39 is 0 Å². The Morgan fingerprint density at radius 1 is 1.37 bits per heavy atom. The first-order valence-electron chi connectivity index (χ1n) is 6.89. The van der Waals surface area contributed by atoms with Crippen LogP contribution < -0.4 is 10.1 Å². The molecule has 4 nitrogen and oxygen atoms in total. The monoisotopic (exact) mass is 262 g/mol. The van der Waals surface area contributed by atoms with Gasteiger partial charge in [0, 0.05) is 24.7 Å². The van der Waals surface area contributed by atoms with Gasteiger partial charge in [0.15, 0.2) is 0 Å². The van der Waals surface area contributed by atoms with Gasteiger partial charge in [-0.25, -0.2) is 0 Å². The largest absolute Gasteiger partial charge is 0.492 e. The minimum Gasteiger partial charge on any atom is -0.492 e. The molecule has 0 radical (unpaired) electrons. The highest BCUT2D eigenvalue weighted by Crippen LogP contribution is 2.25. The molecule has 1 amide bonds. The number of hydrogen-bond donors (Lipinski definition) is 1. The normalized spacial score (nSPS) is 15.5. The molecule has 1 fully saturated rings. The standard InChI is InChI=1S/C15H22N2O2/c1-12-14(16-13(2)18)6-5-7-15(12)19-11-10-17-8-3-4-9-17/h5-7H,3-4,8-11H2,1-2H3,(H,16,18). The maximum Gasteiger partial charge on any atom is 0.221 e. The summed E-state index contributed by atoms with van der Waals surface area (Å²) in [5, 5.41) is 2.82. The number of ether oxygens (including phenoxy) is 1. The highest BCUT2D eigenvalue weighted by molar-refractivity contribution is 5.89. The summed E-state index contributed by atoms with van der Waals surface area (Å²) in [5.41, 5.74) is 1.81. The number of likely N-dealkylation sites (tertiary alicyclic amines) is 1. The molecule has 1 aromatic rings. The second-order valence-electron chi connectivity index (χ2n) is 5.01. The molecular formula is C15H22N2O2. The lowest BCUT2D eigenvalue weighted by molar-refractivity contribution is -0.114. The maximum atomic E-state index is 11.1. The Labute approximate surface area is 114 Å². The second-order valence-corrected chi connectivity index (χ2v) is 5.01. The summed E-state index contributed by atoms with van der Waals surface area (Å²) >= 11 is 0. The number of carbonyl (C=O) groups is 1. The third-order valence-electron chi connectivity index (χ3n) is 3.46. The average Bonchev–Trinajstić information content (AvgIpc) is 2.86. The van der Waals surface area contributed by atoms with E-state index in [1.54, 1.807) is 0 Å². The Hall–Kier alpha value is -1.55. The van der Waals surface area contributed by atoms with Crippen LogP contribution in [0.25, 0.3) is 0 Å². The molecule has 1 aliphatic rings. The molecule has 1 aliphatic heterocycles. The number of hydrogen-bond acceptors (Lipinski definition) is 3. The Balaban J connectivity index is 1.90. The van der Waals surface area contributed by atoms with Crippen LogP contribution in [0.3, 0.4) is 0 Å². The molecule has 0 aromatic heterocycles. The molecule has 0 unspecified atom stereocenters. The van der Waals surface area contributed by atoms with Gasteiger partial charge in [-0.3, -0.25) is 9.69 Å². The van der Waals surface area contributed by atoms with E-state index >= 15 is 0 Å². The molecule has 4 heteroatoms. The third kappa shape index (κ3) is 3.96. The molecule has 1 heterocycles. The Morgan fingerprint density at radius 3 is 2.79 bits per heavy atom. The molecule has 0 spiro atoms. The van der Waals surface area contributed by atoms with Gasteiger partial charge in [0.1, 0.15) is 12.4 Å². The zero-order valence-corrected chi connectivity index (χ0v) is 11.7. The minimum absolute atomic E-state index is 0.0580. The summed E-state index contributed by atoms with van der Waals surface area (Å²) in [6.45, 7) is 7.54. The van der Waals surface area contributed by atoms with Gasteiger partial charge in [-0.1, -0.05) is 6.07 Å². The first kappa shape index (κ1) is 13.9. The number of nitrogens with one attached hydrogen (secondary N) is 1. The van der Waals surface area contributed by atoms with Gasteiger partial charge in [-0.15, -0.1) is 0 Å². The molecule has 0 aliphatic carbocycles. The highest BCUT2D eigenvalue weighted by Gasteiger charge is 2.11. The molecule has 0 bridgehead atoms. The lowest BCUT2D eigenvalue weighted by Gasteiger charge is -2.17. The van der Waals surface area contributed by atoms with Crippen LogP contribution in [-0.4, -0.2) is 37.0 Å². The van der Waals surface area contributed by atoms with E-state index in [9.17, 15) is 4.79 Å². The number of benzene rings is 1. The Morgan fingerprint density at radius 2 is 2.11 bits per heavy atom. The van der Waals surface area contributed by atoms with Crippen molar-refractivity contribution >= 4 is 11.6 Å². The van der Waals surface area contributed by atoms with E-state index in [0.717, 1.165) is 23.5 Å². The molecule has 104 valence electrons. The molecule has 1 aromatic carbocycles. The van der Waals surface area contributed by atoms with Crippen molar-refractivity contribution in [3.63, 3.8) is 0 Å². The zero-order chi connectivity index (χ0) is 13.7. The third-order valence-corrected chi connectivity index (χ3v) is 3.46. The van der Waals surface area contributed by atoms with Crippen molar-refractivity contribution in [2.75, 3.05) is 31.6 Å². The van der Waals surface area contributed by atoms with Crippen LogP contribution in [0, 0.1) is 6.92 Å². The zero-order valence-electron chi connectivity index (χ0n) is 11.7. The van der Waals surface area contributed by atoms with Gasteiger partial charge in [-0.05, 0) is 45.0 Å². The number of carbonyl (C=O) groups excluding carboxylic acids is 1. The maximum absolute atomic E-state index is 11.1. The van der Waals surface area contributed by atoms with Crippen molar-refractivity contribution in [1.29, 1.82) is 0 Å². The summed E-state index contributed by atoms with van der Waals surface area (Å²) in [5.74, 6) is 0.794. The Bertz CT molecular complexity index is 440. The molecule has 1 saturated heterocycles. The smallest absolute Gasteiger partial charge is 0.221 e. The van der Waals surface area contributed by atoms with Crippen LogP contribution in [0.4, 0.5) is 5.69 Å². The number of amides is 1. The van der Waals surface area contributed by atoms with E-state index in [-0.39, 0.29) is 5.91 Å². The van der Waals surface area contributed by atoms with Crippen molar-refractivity contribution < 1.29 is 9.53 Å². The summed E-state index contributed by atoms with van der Waals surface area (Å²) < 4.78 is 5.83. The molecule has 19 heavy (non-hydrogen) atoms. The van der Waals surface area contributed by atoms with Gasteiger partial charge in [-0.2, -0.15) is 0 Å². The van der Waals surface area contributed by atoms with Crippen LogP contribution >= 0.6 is 0 Å². The molecule has 2 rings (SSSR count). The van der Waals surface area contributed by atoms with Crippen molar-refractivity contribution in [3.8, 4) is 5.75 Å². The minimum atomic E-state index is -0.0580. The quantitative estimate of drug-likeness (QED) is 0.886. The van der Waals surface area contributed by atoms with Crippen molar-refractivity contribution in [1.82, 2.24) is 4.90 Å². The van der Waals surface area contributed by atoms with Crippen molar-refractivity contribution in [2.24, 2.45) is 0 Å². The van der Waals surface area contributed by atoms with Gasteiger partial charge in [0.25, 0.3) is 0 Å². The lowest BCUT2D eigenvalue weighted by atomic mass is 10.2. The van der Waals surface area contributed by atoms with Gasteiger partial charge in [0.2, 0.25) is 5.91 Å². The summed E-state index contributed by atoms with van der Waals surface area (Å²) in [6, 6.07) is 5.75. The van der Waals surface area contributed by atoms with E-state index in [1.165, 1.54) is 32.9 Å². The average molecular weight is 262 g/mol. The molecule has 1 N–H and O–H groups in total. The second kappa shape index (κ2) is 6.57. The number of nitrogens with zero attached hydrogens (tertiary/aromatic N) is 1. The Kier molecular flexibility index (Phi) is 4.80. The highest BCUT2D eigenvalue weighted by atomic mass is 16.5. The topological polar surface area (TPSA) is 41.6 Å². The van der Waals surface area contributed by atoms with Crippen molar-refractivity contribution in [3.05, 3.63) is 23.8 Å². The van der Waals surface area contributed by atoms with Crippen LogP contribution in [0.15, 0.2) is 18.2 Å². The van der Waals surface area contributed by atoms with Gasteiger partial charge < -0.3 is 10.1 Å². The number of anilines is 1. The van der Waals surface area contributed by atoms with Gasteiger partial charge in [0.05, 0.1) is 0 Å². The van der Waals surface area contributed by atoms with Crippen LogP contribution in [0.2, 0.25) is 0 Å². The fourth-order valence-electron chi connectivity index (χ4n) is 2.39. The summed E-state index contributed by atoms with van der Waals surface area (Å²) in [6.07, 6.45) is 2.61. The van der Waals surface area contributed by atoms with Gasteiger partial charge >= 0.3 is 0 Å². The SMILES string of the molecule is CC(=O)Nc1cccc(OCCN2CCCC2)c1C. The van der Waals surface area contributed by atoms with Crippen molar-refractivity contribution in [2.45, 2.75) is 26.7 Å². The van der Waals surface area contributed by atoms with E-state index in [4.69, 9.17) is 4.74 Å². The fraction of sp³-hybridized carbons (Fsp3) is 0.533. The van der Waals surface area contributed by atoms with E-state index in [1.807, 2.05) is 25.1 Å². The first-order chi connectivity index (χ1) is 9.16. The predicted molar refractivity (Wildman–Crippen MR) is 76.7 cm³/mol. The van der Waals surface area contributed by atoms with E-state index in [0.29, 0.717) is 6.61 Å². The number of rotatable bonds is 5. The summed E-state index contributed by atoms with van der Waals surface area (Å²) in [7, 11) is 0. The fourth-order valence-corrected chi connectivity index (χ4v) is 2.39. The lowest BCUT2D eigenvalue weighted by Crippen LogP contribution is -2.25. The van der Waals surface area contributed by atoms with E-state index in [2.05, 4.69) is 10.2 Å². The van der Waals surface area contributed by atoms with Crippen LogP contribution in [-0.2, 0) is 4.79 Å². The molecular weight excluding hydrogens is 240 g/mol. The first-order valence-corrected chi connectivity index (χ1v) is 6.89. The predicted octanol–water partition coefficient (Wildman–Crippen LogP) is 2.43.